The van der Waals surface area contributed by atoms with Gasteiger partial charge >= 0.3 is 0 Å². The molecule has 1 nitrogen and oxygen atoms in total. The van der Waals surface area contributed by atoms with Crippen molar-refractivity contribution in [3.63, 3.8) is 0 Å². The highest BCUT2D eigenvalue weighted by Crippen LogP contribution is 2.51. The Morgan fingerprint density at radius 2 is 2.00 bits per heavy atom. The van der Waals surface area contributed by atoms with E-state index in [-0.39, 0.29) is 5.41 Å². The molecule has 0 bridgehead atoms. The van der Waals surface area contributed by atoms with Crippen LogP contribution in [0.25, 0.3) is 0 Å². The van der Waals surface area contributed by atoms with Gasteiger partial charge in [-0.15, -0.1) is 0 Å². The molecule has 0 N–H and O–H groups in total. The van der Waals surface area contributed by atoms with E-state index in [1.807, 2.05) is 11.8 Å². The summed E-state index contributed by atoms with van der Waals surface area (Å²) in [5, 5.41) is 0. The van der Waals surface area contributed by atoms with Crippen LogP contribution in [0.15, 0.2) is 52.3 Å². The van der Waals surface area contributed by atoms with Crippen molar-refractivity contribution in [1.29, 1.82) is 0 Å². The molecule has 1 aromatic carbocycles. The lowest BCUT2D eigenvalue weighted by Crippen LogP contribution is -2.16. The molecule has 0 radical (unpaired) electrons. The third kappa shape index (κ3) is 5.10. The Kier molecular flexibility index (Phi) is 7.16. The summed E-state index contributed by atoms with van der Waals surface area (Å²) in [7, 11) is 0. The third-order valence-electron chi connectivity index (χ3n) is 4.50. The zero-order valence-corrected chi connectivity index (χ0v) is 15.2. The summed E-state index contributed by atoms with van der Waals surface area (Å²) >= 11 is 1.90. The number of benzene rings is 1. The Morgan fingerprint density at radius 1 is 1.22 bits per heavy atom. The molecule has 2 rings (SSSR count). The van der Waals surface area contributed by atoms with Crippen molar-refractivity contribution >= 4 is 18.0 Å². The Balaban J connectivity index is 2.15. The first-order valence-electron chi connectivity index (χ1n) is 8.76. The van der Waals surface area contributed by atoms with E-state index < -0.39 is 0 Å². The van der Waals surface area contributed by atoms with Gasteiger partial charge in [0.05, 0.1) is 0 Å². The largest absolute Gasteiger partial charge is 0.303 e. The van der Waals surface area contributed by atoms with Crippen LogP contribution in [0.1, 0.15) is 57.4 Å². The standard InChI is InChI=1S/C21H28OS/c1-3-4-5-14-21(15-6-7-17-22)16-8-9-20(21)23-19-12-10-18(2)11-13-19/h5,9-14,17H,3-4,6-8,15-16H2,1-2H3/b14-5+/t21-/m1/s1. The first kappa shape index (κ1) is 18.1. The molecule has 0 spiro atoms. The lowest BCUT2D eigenvalue weighted by Gasteiger charge is -2.29. The van der Waals surface area contributed by atoms with Gasteiger partial charge in [0.2, 0.25) is 0 Å². The number of hydrogen-bond donors (Lipinski definition) is 0. The number of aryl methyl sites for hydroxylation is 1. The maximum absolute atomic E-state index is 10.7. The van der Waals surface area contributed by atoms with E-state index in [1.165, 1.54) is 28.2 Å². The number of allylic oxidation sites excluding steroid dienone is 4. The number of aldehydes is 1. The minimum absolute atomic E-state index is 0.147. The van der Waals surface area contributed by atoms with Gasteiger partial charge in [-0.25, -0.2) is 0 Å². The van der Waals surface area contributed by atoms with E-state index >= 15 is 0 Å². The number of unbranched alkanes of at least 4 members (excludes halogenated alkanes) is 2. The molecule has 23 heavy (non-hydrogen) atoms. The van der Waals surface area contributed by atoms with E-state index in [9.17, 15) is 4.79 Å². The van der Waals surface area contributed by atoms with Crippen molar-refractivity contribution in [3.05, 3.63) is 53.0 Å². The smallest absolute Gasteiger partial charge is 0.119 e. The molecule has 1 aliphatic rings. The van der Waals surface area contributed by atoms with Crippen molar-refractivity contribution in [2.24, 2.45) is 5.41 Å². The number of rotatable bonds is 9. The molecule has 1 aliphatic carbocycles. The molecule has 1 atom stereocenters. The van der Waals surface area contributed by atoms with Crippen LogP contribution in [-0.2, 0) is 4.79 Å². The average molecular weight is 329 g/mol. The molecule has 0 saturated heterocycles. The fourth-order valence-electron chi connectivity index (χ4n) is 3.14. The summed E-state index contributed by atoms with van der Waals surface area (Å²) in [4.78, 5) is 13.5. The summed E-state index contributed by atoms with van der Waals surface area (Å²) < 4.78 is 0. The van der Waals surface area contributed by atoms with Gasteiger partial charge < -0.3 is 4.79 Å². The van der Waals surface area contributed by atoms with Crippen molar-refractivity contribution in [2.75, 3.05) is 0 Å². The van der Waals surface area contributed by atoms with E-state index in [0.717, 1.165) is 32.0 Å². The van der Waals surface area contributed by atoms with Crippen molar-refractivity contribution in [1.82, 2.24) is 0 Å². The van der Waals surface area contributed by atoms with Crippen LogP contribution < -0.4 is 0 Å². The highest BCUT2D eigenvalue weighted by molar-refractivity contribution is 8.03. The van der Waals surface area contributed by atoms with Gasteiger partial charge in [0.15, 0.2) is 0 Å². The SMILES string of the molecule is CCC/C=C/[C@@]1(CCCC=O)CCC=C1Sc1ccc(C)cc1. The molecule has 0 aromatic heterocycles. The van der Waals surface area contributed by atoms with Crippen LogP contribution >= 0.6 is 11.8 Å². The Labute approximate surface area is 145 Å². The fourth-order valence-corrected chi connectivity index (χ4v) is 4.34. The summed E-state index contributed by atoms with van der Waals surface area (Å²) in [6.07, 6.45) is 15.6. The second-order valence-electron chi connectivity index (χ2n) is 6.43. The van der Waals surface area contributed by atoms with Crippen LogP contribution in [0.5, 0.6) is 0 Å². The normalized spacial score (nSPS) is 20.9. The minimum atomic E-state index is 0.147. The molecule has 1 aromatic rings. The summed E-state index contributed by atoms with van der Waals surface area (Å²) in [5.41, 5.74) is 1.45. The van der Waals surface area contributed by atoms with Crippen molar-refractivity contribution < 1.29 is 4.79 Å². The second kappa shape index (κ2) is 9.12. The van der Waals surface area contributed by atoms with Crippen molar-refractivity contribution in [2.45, 2.75) is 63.7 Å². The maximum Gasteiger partial charge on any atom is 0.119 e. The predicted molar refractivity (Wildman–Crippen MR) is 101 cm³/mol. The Morgan fingerprint density at radius 3 is 2.70 bits per heavy atom. The van der Waals surface area contributed by atoms with E-state index in [2.05, 4.69) is 56.3 Å². The minimum Gasteiger partial charge on any atom is -0.303 e. The lowest BCUT2D eigenvalue weighted by molar-refractivity contribution is -0.108. The van der Waals surface area contributed by atoms with Gasteiger partial charge in [-0.3, -0.25) is 0 Å². The zero-order chi connectivity index (χ0) is 16.5. The summed E-state index contributed by atoms with van der Waals surface area (Å²) in [5.74, 6) is 0. The van der Waals surface area contributed by atoms with Crippen molar-refractivity contribution in [3.8, 4) is 0 Å². The first-order chi connectivity index (χ1) is 11.2. The summed E-state index contributed by atoms with van der Waals surface area (Å²) in [6, 6.07) is 8.79. The first-order valence-corrected chi connectivity index (χ1v) is 9.58. The monoisotopic (exact) mass is 328 g/mol. The van der Waals surface area contributed by atoms with Gasteiger partial charge in [0.1, 0.15) is 6.29 Å². The number of hydrogen-bond acceptors (Lipinski definition) is 2. The number of carbonyl (C=O) groups is 1. The number of carbonyl (C=O) groups excluding carboxylic acids is 1. The van der Waals surface area contributed by atoms with Crippen LogP contribution in [0.2, 0.25) is 0 Å². The quantitative estimate of drug-likeness (QED) is 0.293. The fraction of sp³-hybridized carbons (Fsp3) is 0.476. The van der Waals surface area contributed by atoms with Gasteiger partial charge in [0, 0.05) is 16.7 Å². The molecule has 0 fully saturated rings. The van der Waals surface area contributed by atoms with E-state index in [4.69, 9.17) is 0 Å². The molecule has 0 unspecified atom stereocenters. The Hall–Kier alpha value is -1.28. The second-order valence-corrected chi connectivity index (χ2v) is 7.54. The van der Waals surface area contributed by atoms with Gasteiger partial charge in [0.25, 0.3) is 0 Å². The lowest BCUT2D eigenvalue weighted by atomic mass is 9.81. The van der Waals surface area contributed by atoms with E-state index in [0.29, 0.717) is 6.42 Å². The molecule has 0 heterocycles. The van der Waals surface area contributed by atoms with Gasteiger partial charge in [-0.05, 0) is 56.1 Å². The molecular formula is C21H28OS. The van der Waals surface area contributed by atoms with Gasteiger partial charge in [-0.2, -0.15) is 0 Å². The molecule has 124 valence electrons. The molecule has 0 amide bonds. The van der Waals surface area contributed by atoms with E-state index in [1.54, 1.807) is 0 Å². The highest BCUT2D eigenvalue weighted by atomic mass is 32.2. The molecule has 0 saturated carbocycles. The highest BCUT2D eigenvalue weighted by Gasteiger charge is 2.34. The van der Waals surface area contributed by atoms with Crippen LogP contribution in [0.4, 0.5) is 0 Å². The van der Waals surface area contributed by atoms with Crippen LogP contribution in [0.3, 0.4) is 0 Å². The average Bonchev–Trinajstić information content (AvgIpc) is 2.93. The zero-order valence-electron chi connectivity index (χ0n) is 14.4. The molecule has 2 heteroatoms. The summed E-state index contributed by atoms with van der Waals surface area (Å²) in [6.45, 7) is 4.34. The Bertz CT molecular complexity index is 556. The predicted octanol–water partition coefficient (Wildman–Crippen LogP) is 6.48. The molecule has 0 aliphatic heterocycles. The number of thioether (sulfide) groups is 1. The van der Waals surface area contributed by atoms with Crippen LogP contribution in [-0.4, -0.2) is 6.29 Å². The topological polar surface area (TPSA) is 17.1 Å². The van der Waals surface area contributed by atoms with Crippen LogP contribution in [0, 0.1) is 12.3 Å². The van der Waals surface area contributed by atoms with Gasteiger partial charge in [-0.1, -0.05) is 61.0 Å². The maximum atomic E-state index is 10.7. The molecular weight excluding hydrogens is 300 g/mol. The third-order valence-corrected chi connectivity index (χ3v) is 5.80.